The molecule has 2 rings (SSSR count). The Kier molecular flexibility index (Phi) is 5.02. The first-order valence-electron chi connectivity index (χ1n) is 7.37. The van der Waals surface area contributed by atoms with Crippen molar-refractivity contribution in [2.24, 2.45) is 15.0 Å². The van der Waals surface area contributed by atoms with E-state index in [1.165, 1.54) is 0 Å². The number of nitrogens with zero attached hydrogens (tertiary/aromatic N) is 3. The number of benzene rings is 1. The van der Waals surface area contributed by atoms with Crippen molar-refractivity contribution in [3.8, 4) is 0 Å². The second-order valence-corrected chi connectivity index (χ2v) is 5.48. The number of aliphatic imine (C=N–C) groups is 3. The molecule has 1 aliphatic rings. The van der Waals surface area contributed by atoms with Gasteiger partial charge in [0.25, 0.3) is 0 Å². The van der Waals surface area contributed by atoms with Gasteiger partial charge in [0.15, 0.2) is 0 Å². The van der Waals surface area contributed by atoms with Crippen LogP contribution in [0.2, 0.25) is 0 Å². The zero-order valence-corrected chi connectivity index (χ0v) is 13.9. The van der Waals surface area contributed by atoms with Crippen LogP contribution in [0.5, 0.6) is 0 Å². The minimum atomic E-state index is 0.842. The molecule has 3 nitrogen and oxygen atoms in total. The molecule has 0 fully saturated rings. The SMILES string of the molecule is C=CC=NC1=CC(=C)C(=Nc2cc(C)c(N=C)cc2C)C=C1C. The highest BCUT2D eigenvalue weighted by Crippen LogP contribution is 2.30. The highest BCUT2D eigenvalue weighted by atomic mass is 14.8. The summed E-state index contributed by atoms with van der Waals surface area (Å²) >= 11 is 0. The summed E-state index contributed by atoms with van der Waals surface area (Å²) in [4.78, 5) is 13.1. The molecule has 0 atom stereocenters. The Balaban J connectivity index is 2.43. The summed E-state index contributed by atoms with van der Waals surface area (Å²) in [6, 6.07) is 4.03. The summed E-state index contributed by atoms with van der Waals surface area (Å²) < 4.78 is 0. The maximum Gasteiger partial charge on any atom is 0.0707 e. The van der Waals surface area contributed by atoms with Crippen LogP contribution in [0.4, 0.5) is 11.4 Å². The molecule has 1 aliphatic carbocycles. The lowest BCUT2D eigenvalue weighted by atomic mass is 9.99. The van der Waals surface area contributed by atoms with Crippen molar-refractivity contribution >= 4 is 30.0 Å². The van der Waals surface area contributed by atoms with E-state index in [0.29, 0.717) is 0 Å². The van der Waals surface area contributed by atoms with Gasteiger partial charge in [-0.05, 0) is 74.0 Å². The van der Waals surface area contributed by atoms with Gasteiger partial charge in [-0.3, -0.25) is 9.98 Å². The Morgan fingerprint density at radius 1 is 1.00 bits per heavy atom. The van der Waals surface area contributed by atoms with Crippen molar-refractivity contribution < 1.29 is 0 Å². The third kappa shape index (κ3) is 3.69. The standard InChI is InChI=1S/C20H21N3/c1-7-8-22-18-10-16(5)20(12-14(18)3)23-19-11-13(2)17(21-6)9-15(19)4/h7-12H,1,5-6H2,2-4H3. The fraction of sp³-hybridized carbons (Fsp3) is 0.150. The second kappa shape index (κ2) is 6.97. The van der Waals surface area contributed by atoms with Crippen LogP contribution in [0.1, 0.15) is 18.1 Å². The molecule has 0 radical (unpaired) electrons. The van der Waals surface area contributed by atoms with Crippen LogP contribution in [0.15, 0.2) is 75.3 Å². The molecule has 1 aromatic rings. The molecule has 0 aliphatic heterocycles. The van der Waals surface area contributed by atoms with Crippen molar-refractivity contribution in [2.45, 2.75) is 20.8 Å². The van der Waals surface area contributed by atoms with E-state index in [9.17, 15) is 0 Å². The van der Waals surface area contributed by atoms with E-state index < -0.39 is 0 Å². The molecule has 0 aromatic heterocycles. The molecular formula is C20H21N3. The lowest BCUT2D eigenvalue weighted by Gasteiger charge is -2.13. The fourth-order valence-electron chi connectivity index (χ4n) is 2.31. The summed E-state index contributed by atoms with van der Waals surface area (Å²) in [6.07, 6.45) is 7.28. The summed E-state index contributed by atoms with van der Waals surface area (Å²) in [7, 11) is 0. The van der Waals surface area contributed by atoms with Crippen molar-refractivity contribution in [1.29, 1.82) is 0 Å². The van der Waals surface area contributed by atoms with Gasteiger partial charge in [0.1, 0.15) is 0 Å². The first-order valence-corrected chi connectivity index (χ1v) is 7.37. The molecule has 0 saturated carbocycles. The van der Waals surface area contributed by atoms with Gasteiger partial charge < -0.3 is 0 Å². The summed E-state index contributed by atoms with van der Waals surface area (Å²) in [5, 5.41) is 0. The van der Waals surface area contributed by atoms with Crippen molar-refractivity contribution in [2.75, 3.05) is 0 Å². The van der Waals surface area contributed by atoms with Gasteiger partial charge >= 0.3 is 0 Å². The van der Waals surface area contributed by atoms with Gasteiger partial charge in [-0.15, -0.1) is 0 Å². The van der Waals surface area contributed by atoms with Crippen LogP contribution in [0, 0.1) is 13.8 Å². The molecule has 0 saturated heterocycles. The number of allylic oxidation sites excluding steroid dienone is 5. The predicted octanol–water partition coefficient (Wildman–Crippen LogP) is 5.36. The molecule has 0 amide bonds. The van der Waals surface area contributed by atoms with Crippen LogP contribution in [0.3, 0.4) is 0 Å². The zero-order valence-electron chi connectivity index (χ0n) is 13.9. The molecule has 3 heteroatoms. The Labute approximate surface area is 137 Å². The number of aryl methyl sites for hydroxylation is 2. The number of rotatable bonds is 4. The van der Waals surface area contributed by atoms with Crippen molar-refractivity contribution in [3.63, 3.8) is 0 Å². The van der Waals surface area contributed by atoms with Crippen LogP contribution in [-0.4, -0.2) is 18.6 Å². The van der Waals surface area contributed by atoms with Crippen LogP contribution in [-0.2, 0) is 0 Å². The lowest BCUT2D eigenvalue weighted by Crippen LogP contribution is -2.04. The van der Waals surface area contributed by atoms with Gasteiger partial charge in [-0.2, -0.15) is 0 Å². The minimum Gasteiger partial charge on any atom is -0.264 e. The monoisotopic (exact) mass is 303 g/mol. The lowest BCUT2D eigenvalue weighted by molar-refractivity contribution is 1.27. The van der Waals surface area contributed by atoms with Gasteiger partial charge in [0, 0.05) is 6.21 Å². The first kappa shape index (κ1) is 16.6. The van der Waals surface area contributed by atoms with Gasteiger partial charge in [0.05, 0.1) is 22.8 Å². The summed E-state index contributed by atoms with van der Waals surface area (Å²) in [6.45, 7) is 17.4. The highest BCUT2D eigenvalue weighted by molar-refractivity contribution is 6.13. The maximum atomic E-state index is 4.76. The first-order chi connectivity index (χ1) is 11.0. The van der Waals surface area contributed by atoms with Crippen LogP contribution < -0.4 is 0 Å². The number of hydrogen-bond acceptors (Lipinski definition) is 3. The van der Waals surface area contributed by atoms with Crippen molar-refractivity contribution in [1.82, 2.24) is 0 Å². The zero-order chi connectivity index (χ0) is 17.0. The van der Waals surface area contributed by atoms with E-state index in [2.05, 4.69) is 29.9 Å². The van der Waals surface area contributed by atoms with Gasteiger partial charge in [-0.25, -0.2) is 4.99 Å². The quantitative estimate of drug-likeness (QED) is 0.671. The Hall–Kier alpha value is -2.81. The topological polar surface area (TPSA) is 37.1 Å². The molecule has 0 spiro atoms. The molecule has 0 N–H and O–H groups in total. The Morgan fingerprint density at radius 3 is 2.30 bits per heavy atom. The van der Waals surface area contributed by atoms with E-state index in [1.54, 1.807) is 12.3 Å². The van der Waals surface area contributed by atoms with Crippen LogP contribution >= 0.6 is 0 Å². The second-order valence-electron chi connectivity index (χ2n) is 5.48. The smallest absolute Gasteiger partial charge is 0.0707 e. The summed E-state index contributed by atoms with van der Waals surface area (Å²) in [5.74, 6) is 0. The molecule has 0 bridgehead atoms. The van der Waals surface area contributed by atoms with Gasteiger partial charge in [-0.1, -0.05) is 19.2 Å². The van der Waals surface area contributed by atoms with Crippen molar-refractivity contribution in [3.05, 3.63) is 71.5 Å². The Morgan fingerprint density at radius 2 is 1.65 bits per heavy atom. The average Bonchev–Trinajstić information content (AvgIpc) is 2.52. The van der Waals surface area contributed by atoms with E-state index in [0.717, 1.165) is 45.1 Å². The molecule has 0 unspecified atom stereocenters. The molecule has 116 valence electrons. The normalized spacial score (nSPS) is 16.5. The molecular weight excluding hydrogens is 282 g/mol. The summed E-state index contributed by atoms with van der Waals surface area (Å²) in [5.41, 5.74) is 7.54. The third-order valence-corrected chi connectivity index (χ3v) is 3.64. The maximum absolute atomic E-state index is 4.76. The van der Waals surface area contributed by atoms with E-state index in [-0.39, 0.29) is 0 Å². The van der Waals surface area contributed by atoms with E-state index >= 15 is 0 Å². The average molecular weight is 303 g/mol. The fourth-order valence-corrected chi connectivity index (χ4v) is 2.31. The van der Waals surface area contributed by atoms with Crippen LogP contribution in [0.25, 0.3) is 0 Å². The predicted molar refractivity (Wildman–Crippen MR) is 102 cm³/mol. The largest absolute Gasteiger partial charge is 0.264 e. The van der Waals surface area contributed by atoms with Gasteiger partial charge in [0.2, 0.25) is 0 Å². The number of hydrogen-bond donors (Lipinski definition) is 0. The minimum absolute atomic E-state index is 0.842. The Bertz CT molecular complexity index is 802. The highest BCUT2D eigenvalue weighted by Gasteiger charge is 2.12. The molecule has 0 heterocycles. The third-order valence-electron chi connectivity index (χ3n) is 3.64. The molecule has 23 heavy (non-hydrogen) atoms. The van der Waals surface area contributed by atoms with E-state index in [4.69, 9.17) is 4.99 Å². The molecule has 1 aromatic carbocycles. The van der Waals surface area contributed by atoms with E-state index in [1.807, 2.05) is 45.1 Å².